The first-order chi connectivity index (χ1) is 16.1. The fourth-order valence-corrected chi connectivity index (χ4v) is 5.13. The Labute approximate surface area is 208 Å². The molecule has 1 atom stereocenters. The van der Waals surface area contributed by atoms with Crippen molar-refractivity contribution in [1.82, 2.24) is 9.80 Å². The molecule has 0 bridgehead atoms. The van der Waals surface area contributed by atoms with E-state index in [2.05, 4.69) is 30.7 Å². The van der Waals surface area contributed by atoms with Crippen molar-refractivity contribution < 1.29 is 19.5 Å². The summed E-state index contributed by atoms with van der Waals surface area (Å²) in [6, 6.07) is 6.80. The standard InChI is InChI=1S/C25H31BrN4O4/c1-25(2)14-21(31)19(22(32)15-25)16-27-7-8-28-9-11-29(12-10-28)20-13-23(33)30(24(20)34)18-5-3-17(26)4-6-18/h3-6,16,20,31H,7-15H2,1-2H3. The molecule has 2 saturated heterocycles. The number of aliphatic hydroxyl groups is 1. The number of allylic oxidation sites excluding steroid dienone is 2. The summed E-state index contributed by atoms with van der Waals surface area (Å²) in [7, 11) is 0. The van der Waals surface area contributed by atoms with Gasteiger partial charge in [0.1, 0.15) is 5.76 Å². The fraction of sp³-hybridized carbons (Fsp3) is 0.520. The molecule has 2 heterocycles. The molecule has 0 radical (unpaired) electrons. The number of piperazine rings is 1. The smallest absolute Gasteiger partial charge is 0.251 e. The number of ketones is 1. The number of aliphatic hydroxyl groups excluding tert-OH is 1. The predicted molar refractivity (Wildman–Crippen MR) is 134 cm³/mol. The third-order valence-electron chi connectivity index (χ3n) is 6.72. The largest absolute Gasteiger partial charge is 0.511 e. The van der Waals surface area contributed by atoms with Gasteiger partial charge in [0.05, 0.1) is 30.3 Å². The van der Waals surface area contributed by atoms with Crippen molar-refractivity contribution in [1.29, 1.82) is 0 Å². The van der Waals surface area contributed by atoms with E-state index >= 15 is 0 Å². The van der Waals surface area contributed by atoms with Crippen molar-refractivity contribution in [3.8, 4) is 0 Å². The predicted octanol–water partition coefficient (Wildman–Crippen LogP) is 2.97. The van der Waals surface area contributed by atoms with Crippen LogP contribution in [-0.2, 0) is 14.4 Å². The number of carbonyl (C=O) groups is 3. The summed E-state index contributed by atoms with van der Waals surface area (Å²) in [5.41, 5.74) is 0.737. The molecular weight excluding hydrogens is 500 g/mol. The zero-order chi connectivity index (χ0) is 24.5. The third kappa shape index (κ3) is 5.47. The highest BCUT2D eigenvalue weighted by Gasteiger charge is 2.43. The summed E-state index contributed by atoms with van der Waals surface area (Å²) in [5.74, 6) is -0.239. The number of imide groups is 1. The second kappa shape index (κ2) is 10.1. The van der Waals surface area contributed by atoms with Crippen molar-refractivity contribution in [3.05, 3.63) is 40.1 Å². The SMILES string of the molecule is CC1(C)CC(=O)C(C=NCCN2CCN(C3CC(=O)N(c4ccc(Br)cc4)C3=O)CC2)=C(O)C1. The van der Waals surface area contributed by atoms with E-state index in [1.54, 1.807) is 12.1 Å². The van der Waals surface area contributed by atoms with Crippen LogP contribution in [0.25, 0.3) is 0 Å². The van der Waals surface area contributed by atoms with Crippen molar-refractivity contribution >= 4 is 45.4 Å². The summed E-state index contributed by atoms with van der Waals surface area (Å²) in [5, 5.41) is 10.2. The number of anilines is 1. The number of carbonyl (C=O) groups excluding carboxylic acids is 3. The van der Waals surface area contributed by atoms with Gasteiger partial charge in [-0.3, -0.25) is 29.2 Å². The topological polar surface area (TPSA) is 93.5 Å². The molecular formula is C25H31BrN4O4. The van der Waals surface area contributed by atoms with E-state index in [4.69, 9.17) is 0 Å². The first kappa shape index (κ1) is 24.8. The van der Waals surface area contributed by atoms with E-state index in [-0.39, 0.29) is 35.2 Å². The van der Waals surface area contributed by atoms with Crippen LogP contribution in [0.15, 0.2) is 45.1 Å². The van der Waals surface area contributed by atoms with Gasteiger partial charge in [0.25, 0.3) is 5.91 Å². The van der Waals surface area contributed by atoms with Crippen LogP contribution < -0.4 is 4.90 Å². The highest BCUT2D eigenvalue weighted by atomic mass is 79.9. The summed E-state index contributed by atoms with van der Waals surface area (Å²) in [4.78, 5) is 47.9. The number of benzene rings is 1. The lowest BCUT2D eigenvalue weighted by molar-refractivity contribution is -0.123. The normalized spacial score (nSPS) is 24.6. The number of Topliss-reactive ketones (excluding diaryl/α,β-unsaturated/α-hetero) is 1. The number of nitrogens with zero attached hydrogens (tertiary/aromatic N) is 4. The lowest BCUT2D eigenvalue weighted by Gasteiger charge is -2.36. The third-order valence-corrected chi connectivity index (χ3v) is 7.25. The van der Waals surface area contributed by atoms with E-state index in [9.17, 15) is 19.5 Å². The Morgan fingerprint density at radius 2 is 1.76 bits per heavy atom. The minimum absolute atomic E-state index is 0.0564. The minimum Gasteiger partial charge on any atom is -0.511 e. The zero-order valence-corrected chi connectivity index (χ0v) is 21.3. The van der Waals surface area contributed by atoms with Crippen LogP contribution in [0, 0.1) is 5.41 Å². The molecule has 182 valence electrons. The first-order valence-corrected chi connectivity index (χ1v) is 12.5. The van der Waals surface area contributed by atoms with E-state index in [1.807, 2.05) is 26.0 Å². The van der Waals surface area contributed by atoms with Crippen molar-refractivity contribution in [2.75, 3.05) is 44.2 Å². The van der Waals surface area contributed by atoms with Gasteiger partial charge in [-0.15, -0.1) is 0 Å². The molecule has 1 aliphatic carbocycles. The fourth-order valence-electron chi connectivity index (χ4n) is 4.86. The zero-order valence-electron chi connectivity index (χ0n) is 19.7. The van der Waals surface area contributed by atoms with Crippen molar-refractivity contribution in [2.45, 2.75) is 39.2 Å². The maximum Gasteiger partial charge on any atom is 0.251 e. The van der Waals surface area contributed by atoms with Gasteiger partial charge in [0, 0.05) is 56.3 Å². The van der Waals surface area contributed by atoms with Crippen LogP contribution in [0.4, 0.5) is 5.69 Å². The van der Waals surface area contributed by atoms with Gasteiger partial charge >= 0.3 is 0 Å². The Hall–Kier alpha value is -2.36. The molecule has 1 unspecified atom stereocenters. The number of hydrogen-bond acceptors (Lipinski definition) is 7. The van der Waals surface area contributed by atoms with Gasteiger partial charge in [-0.05, 0) is 29.7 Å². The Morgan fingerprint density at radius 3 is 2.41 bits per heavy atom. The number of aliphatic imine (C=N–C) groups is 1. The molecule has 34 heavy (non-hydrogen) atoms. The molecule has 0 saturated carbocycles. The number of halogens is 1. The highest BCUT2D eigenvalue weighted by Crippen LogP contribution is 2.35. The molecule has 1 aromatic rings. The Kier molecular flexibility index (Phi) is 7.35. The van der Waals surface area contributed by atoms with Crippen LogP contribution >= 0.6 is 15.9 Å². The molecule has 2 amide bonds. The molecule has 9 heteroatoms. The average molecular weight is 531 g/mol. The summed E-state index contributed by atoms with van der Waals surface area (Å²) >= 11 is 3.38. The quantitative estimate of drug-likeness (QED) is 0.448. The molecule has 0 aromatic heterocycles. The maximum atomic E-state index is 13.0. The number of rotatable bonds is 6. The molecule has 2 aliphatic heterocycles. The lowest BCUT2D eigenvalue weighted by atomic mass is 9.77. The molecule has 3 aliphatic rings. The number of amides is 2. The summed E-state index contributed by atoms with van der Waals surface area (Å²) in [6.07, 6.45) is 2.64. The van der Waals surface area contributed by atoms with Crippen molar-refractivity contribution in [2.24, 2.45) is 10.4 Å². The number of hydrogen-bond donors (Lipinski definition) is 1. The first-order valence-electron chi connectivity index (χ1n) is 11.7. The van der Waals surface area contributed by atoms with Gasteiger partial charge in [0.2, 0.25) is 5.91 Å². The Balaban J connectivity index is 1.26. The van der Waals surface area contributed by atoms with Crippen LogP contribution in [0.5, 0.6) is 0 Å². The molecule has 0 spiro atoms. The van der Waals surface area contributed by atoms with Crippen LogP contribution in [-0.4, -0.2) is 84.0 Å². The summed E-state index contributed by atoms with van der Waals surface area (Å²) in [6.45, 7) is 8.21. The second-order valence-electron chi connectivity index (χ2n) is 9.98. The minimum atomic E-state index is -0.409. The molecule has 8 nitrogen and oxygen atoms in total. The van der Waals surface area contributed by atoms with Gasteiger partial charge in [-0.25, -0.2) is 4.90 Å². The van der Waals surface area contributed by atoms with Crippen LogP contribution in [0.3, 0.4) is 0 Å². The molecule has 1 aromatic carbocycles. The Bertz CT molecular complexity index is 1030. The van der Waals surface area contributed by atoms with Gasteiger partial charge in [0.15, 0.2) is 5.78 Å². The Morgan fingerprint density at radius 1 is 1.09 bits per heavy atom. The van der Waals surface area contributed by atoms with Crippen LogP contribution in [0.1, 0.15) is 33.1 Å². The van der Waals surface area contributed by atoms with E-state index in [1.165, 1.54) is 11.1 Å². The van der Waals surface area contributed by atoms with E-state index in [0.717, 1.165) is 24.1 Å². The molecule has 1 N–H and O–H groups in total. The van der Waals surface area contributed by atoms with Crippen LogP contribution in [0.2, 0.25) is 0 Å². The van der Waals surface area contributed by atoms with E-state index < -0.39 is 6.04 Å². The monoisotopic (exact) mass is 530 g/mol. The second-order valence-corrected chi connectivity index (χ2v) is 10.9. The van der Waals surface area contributed by atoms with Gasteiger partial charge in [-0.2, -0.15) is 0 Å². The van der Waals surface area contributed by atoms with Gasteiger partial charge in [-0.1, -0.05) is 29.8 Å². The maximum absolute atomic E-state index is 13.0. The molecule has 4 rings (SSSR count). The highest BCUT2D eigenvalue weighted by molar-refractivity contribution is 9.10. The summed E-state index contributed by atoms with van der Waals surface area (Å²) < 4.78 is 0.898. The van der Waals surface area contributed by atoms with Crippen molar-refractivity contribution in [3.63, 3.8) is 0 Å². The van der Waals surface area contributed by atoms with E-state index in [0.29, 0.717) is 43.7 Å². The molecule has 2 fully saturated rings. The lowest BCUT2D eigenvalue weighted by Crippen LogP contribution is -2.52. The van der Waals surface area contributed by atoms with Gasteiger partial charge < -0.3 is 5.11 Å². The average Bonchev–Trinajstić information content (AvgIpc) is 3.07.